The molecule has 0 aliphatic rings. The molecule has 0 saturated carbocycles. The molecule has 0 spiro atoms. The van der Waals surface area contributed by atoms with Crippen molar-refractivity contribution in [3.05, 3.63) is 75.4 Å². The SMILES string of the molecule is C/C(=N/NC(=O)CCC(=O)Nc1ccc(I)cc1C)c1ccc2ccccc2c1. The zero-order valence-electron chi connectivity index (χ0n) is 16.3. The number of carbonyl (C=O) groups is 2. The van der Waals surface area contributed by atoms with Crippen molar-refractivity contribution >= 4 is 56.6 Å². The van der Waals surface area contributed by atoms with Crippen LogP contribution in [-0.4, -0.2) is 17.5 Å². The van der Waals surface area contributed by atoms with Crippen LogP contribution in [0.15, 0.2) is 65.8 Å². The molecule has 148 valence electrons. The Balaban J connectivity index is 1.52. The molecule has 5 nitrogen and oxygen atoms in total. The average molecular weight is 499 g/mol. The molecule has 0 aliphatic carbocycles. The number of hydrazone groups is 1. The summed E-state index contributed by atoms with van der Waals surface area (Å²) in [6.07, 6.45) is 0.172. The van der Waals surface area contributed by atoms with E-state index in [0.717, 1.165) is 31.2 Å². The predicted molar refractivity (Wildman–Crippen MR) is 126 cm³/mol. The molecule has 0 unspecified atom stereocenters. The molecule has 0 fully saturated rings. The molecule has 0 aromatic heterocycles. The number of halogens is 1. The largest absolute Gasteiger partial charge is 0.326 e. The zero-order chi connectivity index (χ0) is 20.8. The maximum atomic E-state index is 12.1. The van der Waals surface area contributed by atoms with E-state index < -0.39 is 0 Å². The van der Waals surface area contributed by atoms with Crippen LogP contribution in [0.25, 0.3) is 10.8 Å². The van der Waals surface area contributed by atoms with Gasteiger partial charge in [-0.3, -0.25) is 9.59 Å². The highest BCUT2D eigenvalue weighted by Crippen LogP contribution is 2.18. The summed E-state index contributed by atoms with van der Waals surface area (Å²) in [6.45, 7) is 3.78. The smallest absolute Gasteiger partial charge is 0.240 e. The summed E-state index contributed by atoms with van der Waals surface area (Å²) in [4.78, 5) is 24.2. The average Bonchev–Trinajstić information content (AvgIpc) is 2.72. The van der Waals surface area contributed by atoms with Gasteiger partial charge in [0.25, 0.3) is 0 Å². The van der Waals surface area contributed by atoms with Crippen LogP contribution in [0.3, 0.4) is 0 Å². The molecule has 0 atom stereocenters. The number of anilines is 1. The Kier molecular flexibility index (Phi) is 6.98. The minimum absolute atomic E-state index is 0.0732. The van der Waals surface area contributed by atoms with Gasteiger partial charge in [0.15, 0.2) is 0 Å². The van der Waals surface area contributed by atoms with E-state index in [9.17, 15) is 9.59 Å². The predicted octanol–water partition coefficient (Wildman–Crippen LogP) is 5.01. The standard InChI is InChI=1S/C23H22IN3O2/c1-15-13-20(24)9-10-21(15)25-22(28)11-12-23(29)27-26-16(2)18-8-7-17-5-3-4-6-19(17)14-18/h3-10,13-14H,11-12H2,1-2H3,(H,25,28)(H,27,29)/b26-16-. The minimum atomic E-state index is -0.292. The van der Waals surface area contributed by atoms with E-state index in [-0.39, 0.29) is 24.7 Å². The van der Waals surface area contributed by atoms with Crippen molar-refractivity contribution in [1.82, 2.24) is 5.43 Å². The van der Waals surface area contributed by atoms with E-state index in [1.807, 2.05) is 68.4 Å². The van der Waals surface area contributed by atoms with Crippen molar-refractivity contribution in [1.29, 1.82) is 0 Å². The van der Waals surface area contributed by atoms with Crippen LogP contribution in [-0.2, 0) is 9.59 Å². The molecule has 3 aromatic rings. The fourth-order valence-electron chi connectivity index (χ4n) is 2.89. The summed E-state index contributed by atoms with van der Waals surface area (Å²) in [7, 11) is 0. The first-order chi connectivity index (χ1) is 13.9. The van der Waals surface area contributed by atoms with Crippen LogP contribution < -0.4 is 10.7 Å². The van der Waals surface area contributed by atoms with Crippen LogP contribution in [0, 0.1) is 10.5 Å². The summed E-state index contributed by atoms with van der Waals surface area (Å²) < 4.78 is 1.11. The lowest BCUT2D eigenvalue weighted by atomic mass is 10.0. The van der Waals surface area contributed by atoms with Crippen molar-refractivity contribution in [2.75, 3.05) is 5.32 Å². The van der Waals surface area contributed by atoms with Crippen molar-refractivity contribution in [3.63, 3.8) is 0 Å². The Morgan fingerprint density at radius 2 is 1.66 bits per heavy atom. The molecule has 0 bridgehead atoms. The Morgan fingerprint density at radius 1 is 0.931 bits per heavy atom. The van der Waals surface area contributed by atoms with Crippen LogP contribution in [0.2, 0.25) is 0 Å². The Hall–Kier alpha value is -2.74. The number of amides is 2. The van der Waals surface area contributed by atoms with E-state index >= 15 is 0 Å². The third-order valence-corrected chi connectivity index (χ3v) is 5.23. The van der Waals surface area contributed by atoms with Gasteiger partial charge in [-0.15, -0.1) is 0 Å². The number of carbonyl (C=O) groups excluding carboxylic acids is 2. The van der Waals surface area contributed by atoms with Crippen LogP contribution >= 0.6 is 22.6 Å². The molecule has 0 saturated heterocycles. The molecule has 0 aliphatic heterocycles. The minimum Gasteiger partial charge on any atom is -0.326 e. The highest BCUT2D eigenvalue weighted by molar-refractivity contribution is 14.1. The topological polar surface area (TPSA) is 70.6 Å². The van der Waals surface area contributed by atoms with E-state index in [1.54, 1.807) is 0 Å². The summed E-state index contributed by atoms with van der Waals surface area (Å²) in [5, 5.41) is 9.29. The van der Waals surface area contributed by atoms with Crippen LogP contribution in [0.4, 0.5) is 5.69 Å². The quantitative estimate of drug-likeness (QED) is 0.284. The second kappa shape index (κ2) is 9.65. The van der Waals surface area contributed by atoms with E-state index in [0.29, 0.717) is 5.71 Å². The normalized spacial score (nSPS) is 11.3. The number of benzene rings is 3. The lowest BCUT2D eigenvalue weighted by molar-refractivity contribution is -0.124. The van der Waals surface area contributed by atoms with Crippen LogP contribution in [0.1, 0.15) is 30.9 Å². The van der Waals surface area contributed by atoms with E-state index in [1.165, 1.54) is 0 Å². The third kappa shape index (κ3) is 5.87. The van der Waals surface area contributed by atoms with E-state index in [2.05, 4.69) is 44.5 Å². The van der Waals surface area contributed by atoms with Crippen molar-refractivity contribution in [2.45, 2.75) is 26.7 Å². The molecule has 2 amide bonds. The zero-order valence-corrected chi connectivity index (χ0v) is 18.5. The molecular formula is C23H22IN3O2. The van der Waals surface area contributed by atoms with E-state index in [4.69, 9.17) is 0 Å². The third-order valence-electron chi connectivity index (χ3n) is 4.56. The lowest BCUT2D eigenvalue weighted by Crippen LogP contribution is -2.22. The Morgan fingerprint density at radius 3 is 2.41 bits per heavy atom. The summed E-state index contributed by atoms with van der Waals surface area (Å²) >= 11 is 2.23. The number of fused-ring (bicyclic) bond motifs is 1. The summed E-state index contributed by atoms with van der Waals surface area (Å²) in [5.41, 5.74) is 5.94. The van der Waals surface area contributed by atoms with Crippen molar-refractivity contribution in [3.8, 4) is 0 Å². The van der Waals surface area contributed by atoms with Gasteiger partial charge in [0.05, 0.1) is 5.71 Å². The molecule has 0 heterocycles. The van der Waals surface area contributed by atoms with Gasteiger partial charge in [-0.25, -0.2) is 5.43 Å². The van der Waals surface area contributed by atoms with Crippen LogP contribution in [0.5, 0.6) is 0 Å². The molecule has 3 aromatic carbocycles. The monoisotopic (exact) mass is 499 g/mol. The first-order valence-electron chi connectivity index (χ1n) is 9.30. The van der Waals surface area contributed by atoms with Gasteiger partial charge in [-0.05, 0) is 82.6 Å². The number of hydrogen-bond donors (Lipinski definition) is 2. The molecule has 3 rings (SSSR count). The maximum absolute atomic E-state index is 12.1. The number of nitrogens with one attached hydrogen (secondary N) is 2. The number of aryl methyl sites for hydroxylation is 1. The summed E-state index contributed by atoms with van der Waals surface area (Å²) in [6, 6.07) is 19.9. The fourth-order valence-corrected chi connectivity index (χ4v) is 3.54. The molecule has 0 radical (unpaired) electrons. The maximum Gasteiger partial charge on any atom is 0.240 e. The van der Waals surface area contributed by atoms with Gasteiger partial charge in [0, 0.05) is 22.1 Å². The Bertz CT molecular complexity index is 1090. The van der Waals surface area contributed by atoms with Crippen molar-refractivity contribution in [2.24, 2.45) is 5.10 Å². The second-order valence-corrected chi connectivity index (χ2v) is 8.05. The first-order valence-corrected chi connectivity index (χ1v) is 10.4. The second-order valence-electron chi connectivity index (χ2n) is 6.80. The highest BCUT2D eigenvalue weighted by atomic mass is 127. The number of hydrogen-bond acceptors (Lipinski definition) is 3. The summed E-state index contributed by atoms with van der Waals surface area (Å²) in [5.74, 6) is -0.487. The van der Waals surface area contributed by atoms with Gasteiger partial charge in [0.2, 0.25) is 11.8 Å². The molecular weight excluding hydrogens is 477 g/mol. The fraction of sp³-hybridized carbons (Fsp3) is 0.174. The Labute approximate surface area is 183 Å². The first kappa shape index (κ1) is 21.0. The number of rotatable bonds is 6. The van der Waals surface area contributed by atoms with Crippen molar-refractivity contribution < 1.29 is 9.59 Å². The molecule has 29 heavy (non-hydrogen) atoms. The molecule has 6 heteroatoms. The van der Waals surface area contributed by atoms with Gasteiger partial charge in [0.1, 0.15) is 0 Å². The van der Waals surface area contributed by atoms with Gasteiger partial charge >= 0.3 is 0 Å². The number of nitrogens with zero attached hydrogens (tertiary/aromatic N) is 1. The lowest BCUT2D eigenvalue weighted by Gasteiger charge is -2.08. The molecule has 2 N–H and O–H groups in total. The highest BCUT2D eigenvalue weighted by Gasteiger charge is 2.09. The van der Waals surface area contributed by atoms with Gasteiger partial charge in [-0.1, -0.05) is 36.4 Å². The van der Waals surface area contributed by atoms with Gasteiger partial charge < -0.3 is 5.32 Å². The van der Waals surface area contributed by atoms with Gasteiger partial charge in [-0.2, -0.15) is 5.10 Å².